The summed E-state index contributed by atoms with van der Waals surface area (Å²) in [6.45, 7) is 8.84. The summed E-state index contributed by atoms with van der Waals surface area (Å²) >= 11 is 0. The van der Waals surface area contributed by atoms with Gasteiger partial charge in [-0.15, -0.1) is 0 Å². The predicted molar refractivity (Wildman–Crippen MR) is 121 cm³/mol. The zero-order valence-corrected chi connectivity index (χ0v) is 20.0. The topological polar surface area (TPSA) is 52.6 Å². The molecule has 8 atom stereocenters. The molecule has 172 valence electrons. The molecule has 3 fully saturated rings. The van der Waals surface area contributed by atoms with Gasteiger partial charge in [-0.3, -0.25) is 4.79 Å². The van der Waals surface area contributed by atoms with Crippen molar-refractivity contribution < 1.29 is 19.1 Å². The standard InChI is InChI=1S/C27H40O4/c1-17(6-11-25(29)30-5)22-9-10-23-21-8-7-19-16-20(31-18(2)28)12-14-26(19,3)24(21)13-15-27(22,23)4/h6-7,11,17,20-24H,8-10,12-16H2,1-5H3. The van der Waals surface area contributed by atoms with Crippen LogP contribution in [-0.4, -0.2) is 25.2 Å². The third-order valence-corrected chi connectivity index (χ3v) is 9.84. The minimum atomic E-state index is -0.252. The third kappa shape index (κ3) is 3.89. The summed E-state index contributed by atoms with van der Waals surface area (Å²) in [6, 6.07) is 0. The van der Waals surface area contributed by atoms with Crippen LogP contribution < -0.4 is 0 Å². The van der Waals surface area contributed by atoms with Gasteiger partial charge in [-0.25, -0.2) is 4.79 Å². The van der Waals surface area contributed by atoms with E-state index in [0.717, 1.165) is 37.0 Å². The van der Waals surface area contributed by atoms with E-state index in [0.29, 0.717) is 17.3 Å². The first-order chi connectivity index (χ1) is 14.7. The molecule has 4 aliphatic rings. The van der Waals surface area contributed by atoms with E-state index in [9.17, 15) is 9.59 Å². The number of ether oxygens (including phenoxy) is 2. The van der Waals surface area contributed by atoms with Gasteiger partial charge in [0, 0.05) is 19.4 Å². The Balaban J connectivity index is 1.52. The third-order valence-electron chi connectivity index (χ3n) is 9.84. The lowest BCUT2D eigenvalue weighted by atomic mass is 9.47. The molecule has 0 aromatic heterocycles. The van der Waals surface area contributed by atoms with E-state index in [1.165, 1.54) is 46.1 Å². The molecule has 4 heteroatoms. The van der Waals surface area contributed by atoms with Gasteiger partial charge in [-0.2, -0.15) is 0 Å². The summed E-state index contributed by atoms with van der Waals surface area (Å²) in [4.78, 5) is 23.0. The molecule has 0 saturated heterocycles. The molecule has 3 saturated carbocycles. The molecule has 4 rings (SSSR count). The Kier molecular flexibility index (Phi) is 6.13. The van der Waals surface area contributed by atoms with Crippen molar-refractivity contribution in [1.29, 1.82) is 0 Å². The van der Waals surface area contributed by atoms with Crippen molar-refractivity contribution in [2.75, 3.05) is 7.11 Å². The molecule has 0 aliphatic heterocycles. The molecule has 8 unspecified atom stereocenters. The van der Waals surface area contributed by atoms with Gasteiger partial charge in [-0.05, 0) is 85.4 Å². The fourth-order valence-electron chi connectivity index (χ4n) is 8.30. The van der Waals surface area contributed by atoms with Crippen LogP contribution in [0.3, 0.4) is 0 Å². The lowest BCUT2D eigenvalue weighted by Gasteiger charge is -2.58. The lowest BCUT2D eigenvalue weighted by molar-refractivity contribution is -0.148. The van der Waals surface area contributed by atoms with E-state index in [4.69, 9.17) is 9.47 Å². The Morgan fingerprint density at radius 1 is 1.13 bits per heavy atom. The van der Waals surface area contributed by atoms with Gasteiger partial charge in [-0.1, -0.05) is 38.5 Å². The number of esters is 2. The van der Waals surface area contributed by atoms with Crippen LogP contribution in [-0.2, 0) is 19.1 Å². The Labute approximate surface area is 187 Å². The van der Waals surface area contributed by atoms with E-state index in [2.05, 4.69) is 32.9 Å². The predicted octanol–water partition coefficient (Wildman–Crippen LogP) is 5.86. The maximum Gasteiger partial charge on any atom is 0.330 e. The van der Waals surface area contributed by atoms with Crippen LogP contribution in [0.15, 0.2) is 23.8 Å². The monoisotopic (exact) mass is 428 g/mol. The number of fused-ring (bicyclic) bond motifs is 5. The minimum absolute atomic E-state index is 0.0699. The van der Waals surface area contributed by atoms with E-state index in [1.807, 2.05) is 0 Å². The second kappa shape index (κ2) is 8.41. The summed E-state index contributed by atoms with van der Waals surface area (Å²) in [5.74, 6) is 2.92. The Hall–Kier alpha value is -1.58. The molecule has 0 heterocycles. The quantitative estimate of drug-likeness (QED) is 0.320. The molecule has 0 aromatic rings. The number of carbonyl (C=O) groups excluding carboxylic acids is 2. The first kappa shape index (κ1) is 22.6. The second-order valence-corrected chi connectivity index (χ2v) is 11.2. The highest BCUT2D eigenvalue weighted by Crippen LogP contribution is 2.67. The normalized spacial score (nSPS) is 42.7. The number of methoxy groups -OCH3 is 1. The summed E-state index contributed by atoms with van der Waals surface area (Å²) in [5, 5.41) is 0. The number of rotatable bonds is 4. The van der Waals surface area contributed by atoms with Crippen LogP contribution >= 0.6 is 0 Å². The van der Waals surface area contributed by atoms with Crippen LogP contribution in [0.4, 0.5) is 0 Å². The molecule has 0 aromatic carbocycles. The summed E-state index contributed by atoms with van der Waals surface area (Å²) in [6.07, 6.45) is 15.7. The highest BCUT2D eigenvalue weighted by atomic mass is 16.5. The van der Waals surface area contributed by atoms with Crippen molar-refractivity contribution in [3.05, 3.63) is 23.8 Å². The van der Waals surface area contributed by atoms with E-state index in [-0.39, 0.29) is 23.5 Å². The van der Waals surface area contributed by atoms with Crippen LogP contribution in [0, 0.1) is 40.4 Å². The maximum atomic E-state index is 11.6. The van der Waals surface area contributed by atoms with Crippen molar-refractivity contribution in [3.63, 3.8) is 0 Å². The Morgan fingerprint density at radius 2 is 1.90 bits per heavy atom. The van der Waals surface area contributed by atoms with Gasteiger partial charge >= 0.3 is 11.9 Å². The van der Waals surface area contributed by atoms with Crippen LogP contribution in [0.1, 0.15) is 79.1 Å². The maximum absolute atomic E-state index is 11.6. The number of hydrogen-bond donors (Lipinski definition) is 0. The highest BCUT2D eigenvalue weighted by molar-refractivity contribution is 5.81. The van der Waals surface area contributed by atoms with E-state index >= 15 is 0 Å². The van der Waals surface area contributed by atoms with Gasteiger partial charge < -0.3 is 9.47 Å². The van der Waals surface area contributed by atoms with Crippen molar-refractivity contribution >= 4 is 11.9 Å². The average molecular weight is 429 g/mol. The average Bonchev–Trinajstić information content (AvgIpc) is 3.09. The lowest BCUT2D eigenvalue weighted by Crippen LogP contribution is -2.51. The molecule has 0 spiro atoms. The Morgan fingerprint density at radius 3 is 2.61 bits per heavy atom. The summed E-state index contributed by atoms with van der Waals surface area (Å²) < 4.78 is 10.4. The minimum Gasteiger partial charge on any atom is -0.466 e. The first-order valence-corrected chi connectivity index (χ1v) is 12.3. The summed E-state index contributed by atoms with van der Waals surface area (Å²) in [7, 11) is 1.44. The smallest absolute Gasteiger partial charge is 0.330 e. The number of carbonyl (C=O) groups is 2. The highest BCUT2D eigenvalue weighted by Gasteiger charge is 2.59. The van der Waals surface area contributed by atoms with Crippen molar-refractivity contribution in [1.82, 2.24) is 0 Å². The summed E-state index contributed by atoms with van der Waals surface area (Å²) in [5.41, 5.74) is 2.19. The molecular weight excluding hydrogens is 388 g/mol. The number of allylic oxidation sites excluding steroid dienone is 2. The largest absolute Gasteiger partial charge is 0.466 e. The molecule has 0 radical (unpaired) electrons. The molecule has 0 amide bonds. The van der Waals surface area contributed by atoms with Crippen LogP contribution in [0.25, 0.3) is 0 Å². The number of hydrogen-bond acceptors (Lipinski definition) is 4. The van der Waals surface area contributed by atoms with E-state index < -0.39 is 0 Å². The van der Waals surface area contributed by atoms with Crippen LogP contribution in [0.5, 0.6) is 0 Å². The zero-order chi connectivity index (χ0) is 22.4. The van der Waals surface area contributed by atoms with Gasteiger partial charge in [0.25, 0.3) is 0 Å². The van der Waals surface area contributed by atoms with Crippen LogP contribution in [0.2, 0.25) is 0 Å². The van der Waals surface area contributed by atoms with Gasteiger partial charge in [0.15, 0.2) is 0 Å². The van der Waals surface area contributed by atoms with Gasteiger partial charge in [0.05, 0.1) is 7.11 Å². The van der Waals surface area contributed by atoms with Crippen molar-refractivity contribution in [2.45, 2.75) is 85.2 Å². The van der Waals surface area contributed by atoms with Gasteiger partial charge in [0.1, 0.15) is 6.10 Å². The molecule has 31 heavy (non-hydrogen) atoms. The molecule has 0 N–H and O–H groups in total. The molecule has 4 aliphatic carbocycles. The molecular formula is C27H40O4. The molecule has 4 nitrogen and oxygen atoms in total. The van der Waals surface area contributed by atoms with Crippen molar-refractivity contribution in [2.24, 2.45) is 40.4 Å². The second-order valence-electron chi connectivity index (χ2n) is 11.2. The zero-order valence-electron chi connectivity index (χ0n) is 20.0. The fraction of sp³-hybridized carbons (Fsp3) is 0.778. The fourth-order valence-corrected chi connectivity index (χ4v) is 8.30. The van der Waals surface area contributed by atoms with Crippen molar-refractivity contribution in [3.8, 4) is 0 Å². The van der Waals surface area contributed by atoms with Gasteiger partial charge in [0.2, 0.25) is 0 Å². The first-order valence-electron chi connectivity index (χ1n) is 12.3. The Bertz CT molecular complexity index is 782. The SMILES string of the molecule is COC(=O)C=CC(C)C1CCC2C3CC=C4CC(OC(C)=O)CCC4(C)C3CCC12C. The van der Waals surface area contributed by atoms with E-state index in [1.54, 1.807) is 11.6 Å². The molecule has 0 bridgehead atoms.